The topological polar surface area (TPSA) is 64.8 Å². The van der Waals surface area contributed by atoms with E-state index >= 15 is 0 Å². The normalized spacial score (nSPS) is 17.2. The van der Waals surface area contributed by atoms with Crippen molar-refractivity contribution in [2.45, 2.75) is 19.8 Å². The molecule has 0 N–H and O–H groups in total. The molecule has 28 heavy (non-hydrogen) atoms. The Kier molecular flexibility index (Phi) is 4.74. The van der Waals surface area contributed by atoms with Crippen LogP contribution in [-0.2, 0) is 0 Å². The minimum atomic E-state index is -0.669. The fourth-order valence-electron chi connectivity index (χ4n) is 3.74. The van der Waals surface area contributed by atoms with E-state index in [1.165, 1.54) is 20.5 Å². The molecule has 1 saturated heterocycles. The van der Waals surface area contributed by atoms with E-state index in [2.05, 4.69) is 26.9 Å². The zero-order chi connectivity index (χ0) is 19.8. The number of benzene rings is 1. The number of anilines is 1. The first-order valence-electron chi connectivity index (χ1n) is 9.09. The summed E-state index contributed by atoms with van der Waals surface area (Å²) in [6.07, 6.45) is 3.48. The predicted molar refractivity (Wildman–Crippen MR) is 99.8 cm³/mol. The minimum absolute atomic E-state index is 0.0354. The fraction of sp³-hybridized carbons (Fsp3) is 0.421. The van der Waals surface area contributed by atoms with Crippen molar-refractivity contribution >= 4 is 11.6 Å². The van der Waals surface area contributed by atoms with Crippen molar-refractivity contribution < 1.29 is 18.3 Å². The summed E-state index contributed by atoms with van der Waals surface area (Å²) in [5.74, 6) is 0.0800. The Morgan fingerprint density at radius 3 is 2.68 bits per heavy atom. The van der Waals surface area contributed by atoms with Crippen molar-refractivity contribution in [2.75, 3.05) is 32.2 Å². The molecule has 0 saturated carbocycles. The van der Waals surface area contributed by atoms with Crippen LogP contribution in [0, 0.1) is 17.6 Å². The van der Waals surface area contributed by atoms with Gasteiger partial charge in [-0.1, -0.05) is 6.92 Å². The molecule has 0 radical (unpaired) electrons. The average molecular weight is 389 g/mol. The molecule has 0 aliphatic carbocycles. The molecule has 1 aromatic carbocycles. The zero-order valence-electron chi connectivity index (χ0n) is 15.9. The molecule has 3 aromatic rings. The van der Waals surface area contributed by atoms with E-state index < -0.39 is 11.6 Å². The molecule has 1 atom stereocenters. The van der Waals surface area contributed by atoms with Crippen LogP contribution in [-0.4, -0.2) is 46.9 Å². The summed E-state index contributed by atoms with van der Waals surface area (Å²) in [4.78, 5) is 10.6. The molecular formula is C19H21F2N5O2. The lowest BCUT2D eigenvalue weighted by Gasteiger charge is -2.34. The second kappa shape index (κ2) is 7.21. The molecular weight excluding hydrogens is 368 g/mol. The SMILES string of the molecule is COc1cc(F)c(-c2c(OC)nc3ncnn3c2N2CCCC(C)C2)cc1F. The van der Waals surface area contributed by atoms with E-state index in [-0.39, 0.29) is 17.2 Å². The number of aromatic nitrogens is 4. The van der Waals surface area contributed by atoms with Gasteiger partial charge in [0.25, 0.3) is 5.78 Å². The Bertz CT molecular complexity index is 1020. The maximum absolute atomic E-state index is 15.0. The lowest BCUT2D eigenvalue weighted by Crippen LogP contribution is -2.36. The maximum atomic E-state index is 15.0. The van der Waals surface area contributed by atoms with E-state index in [0.717, 1.165) is 38.1 Å². The highest BCUT2D eigenvalue weighted by Crippen LogP contribution is 2.41. The van der Waals surface area contributed by atoms with Gasteiger partial charge in [-0.15, -0.1) is 0 Å². The van der Waals surface area contributed by atoms with Crippen molar-refractivity contribution in [1.82, 2.24) is 19.6 Å². The van der Waals surface area contributed by atoms with Crippen molar-refractivity contribution in [3.63, 3.8) is 0 Å². The summed E-state index contributed by atoms with van der Waals surface area (Å²) in [6.45, 7) is 3.69. The molecule has 1 aliphatic rings. The van der Waals surface area contributed by atoms with Crippen LogP contribution in [0.5, 0.6) is 11.6 Å². The summed E-state index contributed by atoms with van der Waals surface area (Å²) in [5, 5.41) is 4.27. The number of piperidine rings is 1. The molecule has 1 aliphatic heterocycles. The molecule has 2 aromatic heterocycles. The van der Waals surface area contributed by atoms with Gasteiger partial charge in [0.2, 0.25) is 5.88 Å². The van der Waals surface area contributed by atoms with Gasteiger partial charge in [0.15, 0.2) is 11.6 Å². The summed E-state index contributed by atoms with van der Waals surface area (Å²) in [6, 6.07) is 2.13. The average Bonchev–Trinajstić information content (AvgIpc) is 3.16. The molecule has 4 rings (SSSR count). The van der Waals surface area contributed by atoms with E-state index in [1.807, 2.05) is 0 Å². The Hall–Kier alpha value is -2.97. The molecule has 0 spiro atoms. The minimum Gasteiger partial charge on any atom is -0.494 e. The van der Waals surface area contributed by atoms with Crippen LogP contribution in [0.15, 0.2) is 18.5 Å². The van der Waals surface area contributed by atoms with E-state index in [1.54, 1.807) is 4.52 Å². The third kappa shape index (κ3) is 3.00. The smallest absolute Gasteiger partial charge is 0.257 e. The lowest BCUT2D eigenvalue weighted by atomic mass is 9.98. The van der Waals surface area contributed by atoms with Gasteiger partial charge in [0.1, 0.15) is 18.0 Å². The fourth-order valence-corrected chi connectivity index (χ4v) is 3.74. The molecule has 9 heteroatoms. The number of nitrogens with zero attached hydrogens (tertiary/aromatic N) is 5. The number of rotatable bonds is 4. The van der Waals surface area contributed by atoms with Crippen LogP contribution >= 0.6 is 0 Å². The summed E-state index contributed by atoms with van der Waals surface area (Å²) < 4.78 is 41.3. The molecule has 148 valence electrons. The van der Waals surface area contributed by atoms with Gasteiger partial charge >= 0.3 is 0 Å². The molecule has 7 nitrogen and oxygen atoms in total. The standard InChI is InChI=1S/C19H21F2N5O2/c1-11-5-4-6-25(9-11)18-16(12-7-14(21)15(27-2)8-13(12)20)17(28-3)24-19-22-10-23-26(18)19/h7-8,10-11H,4-6,9H2,1-3H3. The van der Waals surface area contributed by atoms with Crippen molar-refractivity contribution in [3.8, 4) is 22.8 Å². The van der Waals surface area contributed by atoms with Crippen LogP contribution in [0.4, 0.5) is 14.6 Å². The Morgan fingerprint density at radius 2 is 1.96 bits per heavy atom. The zero-order valence-corrected chi connectivity index (χ0v) is 15.9. The van der Waals surface area contributed by atoms with Gasteiger partial charge in [-0.05, 0) is 24.8 Å². The van der Waals surface area contributed by atoms with Crippen molar-refractivity contribution in [3.05, 3.63) is 30.1 Å². The second-order valence-electron chi connectivity index (χ2n) is 6.95. The van der Waals surface area contributed by atoms with Gasteiger partial charge in [0, 0.05) is 24.7 Å². The first-order chi connectivity index (χ1) is 13.5. The third-order valence-corrected chi connectivity index (χ3v) is 5.03. The molecule has 1 fully saturated rings. The Labute approximate surface area is 160 Å². The summed E-state index contributed by atoms with van der Waals surface area (Å²) >= 11 is 0. The van der Waals surface area contributed by atoms with Crippen LogP contribution < -0.4 is 14.4 Å². The molecule has 3 heterocycles. The number of halogens is 2. The van der Waals surface area contributed by atoms with E-state index in [4.69, 9.17) is 9.47 Å². The number of methoxy groups -OCH3 is 2. The van der Waals surface area contributed by atoms with Gasteiger partial charge in [-0.3, -0.25) is 0 Å². The van der Waals surface area contributed by atoms with Crippen LogP contribution in [0.3, 0.4) is 0 Å². The van der Waals surface area contributed by atoms with Gasteiger partial charge in [-0.25, -0.2) is 8.78 Å². The molecule has 0 amide bonds. The predicted octanol–water partition coefficient (Wildman–Crippen LogP) is 3.32. The number of hydrogen-bond donors (Lipinski definition) is 0. The highest BCUT2D eigenvalue weighted by molar-refractivity contribution is 5.82. The molecule has 1 unspecified atom stereocenters. The van der Waals surface area contributed by atoms with Crippen LogP contribution in [0.25, 0.3) is 16.9 Å². The van der Waals surface area contributed by atoms with E-state index in [0.29, 0.717) is 23.1 Å². The van der Waals surface area contributed by atoms with Crippen molar-refractivity contribution in [1.29, 1.82) is 0 Å². The van der Waals surface area contributed by atoms with Gasteiger partial charge in [-0.2, -0.15) is 19.6 Å². The highest BCUT2D eigenvalue weighted by atomic mass is 19.1. The third-order valence-electron chi connectivity index (χ3n) is 5.03. The van der Waals surface area contributed by atoms with E-state index in [9.17, 15) is 8.78 Å². The monoisotopic (exact) mass is 389 g/mol. The first kappa shape index (κ1) is 18.4. The number of ether oxygens (including phenoxy) is 2. The quantitative estimate of drug-likeness (QED) is 0.682. The second-order valence-corrected chi connectivity index (χ2v) is 6.95. The lowest BCUT2D eigenvalue weighted by molar-refractivity contribution is 0.382. The Morgan fingerprint density at radius 1 is 1.14 bits per heavy atom. The van der Waals surface area contributed by atoms with Gasteiger partial charge < -0.3 is 14.4 Å². The number of hydrogen-bond acceptors (Lipinski definition) is 6. The van der Waals surface area contributed by atoms with Crippen LogP contribution in [0.2, 0.25) is 0 Å². The van der Waals surface area contributed by atoms with Crippen LogP contribution in [0.1, 0.15) is 19.8 Å². The maximum Gasteiger partial charge on any atom is 0.257 e. The first-order valence-corrected chi connectivity index (χ1v) is 9.09. The van der Waals surface area contributed by atoms with Gasteiger partial charge in [0.05, 0.1) is 19.8 Å². The molecule has 0 bridgehead atoms. The summed E-state index contributed by atoms with van der Waals surface area (Å²) in [5.41, 5.74) is 0.377. The highest BCUT2D eigenvalue weighted by Gasteiger charge is 2.29. The number of fused-ring (bicyclic) bond motifs is 1. The van der Waals surface area contributed by atoms with Crippen molar-refractivity contribution in [2.24, 2.45) is 5.92 Å². The summed E-state index contributed by atoms with van der Waals surface area (Å²) in [7, 11) is 2.74. The Balaban J connectivity index is 2.02. The largest absolute Gasteiger partial charge is 0.494 e.